The van der Waals surface area contributed by atoms with Gasteiger partial charge in [-0.05, 0) is 96.3 Å². The fourth-order valence-corrected chi connectivity index (χ4v) is 6.38. The molecule has 1 saturated heterocycles. The van der Waals surface area contributed by atoms with Gasteiger partial charge in [0.05, 0.1) is 31.6 Å². The van der Waals surface area contributed by atoms with Crippen molar-refractivity contribution in [1.82, 2.24) is 10.2 Å². The minimum atomic E-state index is 0.267. The van der Waals surface area contributed by atoms with Gasteiger partial charge in [-0.2, -0.15) is 0 Å². The van der Waals surface area contributed by atoms with Crippen molar-refractivity contribution in [3.63, 3.8) is 0 Å². The Labute approximate surface area is 286 Å². The van der Waals surface area contributed by atoms with Crippen LogP contribution in [0.5, 0.6) is 0 Å². The van der Waals surface area contributed by atoms with Crippen LogP contribution in [0.25, 0.3) is 0 Å². The van der Waals surface area contributed by atoms with Crippen molar-refractivity contribution in [2.24, 2.45) is 5.92 Å². The first-order valence-corrected chi connectivity index (χ1v) is 20.0. The lowest BCUT2D eigenvalue weighted by Crippen LogP contribution is -2.38. The Morgan fingerprint density at radius 3 is 2.00 bits per heavy atom. The first-order chi connectivity index (χ1) is 22.7. The van der Waals surface area contributed by atoms with Gasteiger partial charge in [0.2, 0.25) is 0 Å². The summed E-state index contributed by atoms with van der Waals surface area (Å²) in [6.07, 6.45) is 30.2. The third-order valence-electron chi connectivity index (χ3n) is 9.48. The van der Waals surface area contributed by atoms with Crippen LogP contribution in [0.4, 0.5) is 0 Å². The maximum Gasteiger partial charge on any atom is 0.119 e. The van der Waals surface area contributed by atoms with Crippen LogP contribution in [0, 0.1) is 5.92 Å². The SMILES string of the molecule is C=C(CCCCCCCOCC(COCCCCCCCC=O)NCCCCN1CCCC1)OCC(CCCC)CCCCCC. The minimum Gasteiger partial charge on any atom is -0.498 e. The molecule has 1 fully saturated rings. The highest BCUT2D eigenvalue weighted by Crippen LogP contribution is 2.20. The number of rotatable bonds is 37. The molecule has 46 heavy (non-hydrogen) atoms. The van der Waals surface area contributed by atoms with Crippen LogP contribution in [0.15, 0.2) is 12.3 Å². The van der Waals surface area contributed by atoms with E-state index in [1.54, 1.807) is 0 Å². The summed E-state index contributed by atoms with van der Waals surface area (Å²) in [6, 6.07) is 0.267. The van der Waals surface area contributed by atoms with Gasteiger partial charge in [-0.15, -0.1) is 0 Å². The molecule has 0 amide bonds. The van der Waals surface area contributed by atoms with E-state index in [9.17, 15) is 4.79 Å². The topological polar surface area (TPSA) is 60.0 Å². The van der Waals surface area contributed by atoms with Gasteiger partial charge in [0, 0.05) is 26.1 Å². The van der Waals surface area contributed by atoms with Crippen LogP contribution in [0.2, 0.25) is 0 Å². The van der Waals surface area contributed by atoms with Gasteiger partial charge in [-0.1, -0.05) is 97.5 Å². The lowest BCUT2D eigenvalue weighted by atomic mass is 9.96. The van der Waals surface area contributed by atoms with E-state index in [-0.39, 0.29) is 6.04 Å². The van der Waals surface area contributed by atoms with Gasteiger partial charge in [-0.3, -0.25) is 0 Å². The van der Waals surface area contributed by atoms with E-state index in [1.165, 1.54) is 135 Å². The minimum absolute atomic E-state index is 0.267. The molecule has 6 heteroatoms. The number of carbonyl (C=O) groups is 1. The predicted molar refractivity (Wildman–Crippen MR) is 197 cm³/mol. The van der Waals surface area contributed by atoms with Crippen molar-refractivity contribution in [2.45, 2.75) is 174 Å². The summed E-state index contributed by atoms with van der Waals surface area (Å²) in [5.74, 6) is 1.69. The Balaban J connectivity index is 2.12. The molecule has 0 saturated carbocycles. The molecule has 0 bridgehead atoms. The molecular formula is C40H78N2O4. The Hall–Kier alpha value is -0.950. The van der Waals surface area contributed by atoms with Crippen molar-refractivity contribution < 1.29 is 19.0 Å². The highest BCUT2D eigenvalue weighted by Gasteiger charge is 2.12. The molecule has 2 atom stereocenters. The molecule has 0 aromatic carbocycles. The molecule has 1 aliphatic rings. The average molecular weight is 651 g/mol. The molecule has 1 aliphatic heterocycles. The summed E-state index contributed by atoms with van der Waals surface area (Å²) in [5, 5.41) is 3.72. The summed E-state index contributed by atoms with van der Waals surface area (Å²) in [4.78, 5) is 13.0. The molecule has 0 aromatic heterocycles. The van der Waals surface area contributed by atoms with E-state index >= 15 is 0 Å². The second kappa shape index (κ2) is 33.9. The molecule has 0 aliphatic carbocycles. The van der Waals surface area contributed by atoms with Gasteiger partial charge >= 0.3 is 0 Å². The summed E-state index contributed by atoms with van der Waals surface area (Å²) < 4.78 is 18.3. The zero-order chi connectivity index (χ0) is 33.2. The molecule has 0 aromatic rings. The summed E-state index contributed by atoms with van der Waals surface area (Å²) >= 11 is 0. The number of hydrogen-bond donors (Lipinski definition) is 1. The summed E-state index contributed by atoms with van der Waals surface area (Å²) in [6.45, 7) is 17.6. The number of ether oxygens (including phenoxy) is 3. The van der Waals surface area contributed by atoms with Gasteiger partial charge in [0.1, 0.15) is 6.29 Å². The maximum atomic E-state index is 10.4. The fraction of sp³-hybridized carbons (Fsp3) is 0.925. The molecule has 2 unspecified atom stereocenters. The Morgan fingerprint density at radius 2 is 1.33 bits per heavy atom. The lowest BCUT2D eigenvalue weighted by molar-refractivity contribution is -0.107. The molecule has 0 spiro atoms. The number of allylic oxidation sites excluding steroid dienone is 1. The smallest absolute Gasteiger partial charge is 0.119 e. The molecule has 1 heterocycles. The van der Waals surface area contributed by atoms with Gasteiger partial charge in [0.25, 0.3) is 0 Å². The van der Waals surface area contributed by atoms with Crippen molar-refractivity contribution in [2.75, 3.05) is 59.2 Å². The summed E-state index contributed by atoms with van der Waals surface area (Å²) in [7, 11) is 0. The van der Waals surface area contributed by atoms with Crippen LogP contribution in [-0.4, -0.2) is 76.4 Å². The number of hydrogen-bond acceptors (Lipinski definition) is 6. The first kappa shape index (κ1) is 43.1. The predicted octanol–water partition coefficient (Wildman–Crippen LogP) is 10.0. The monoisotopic (exact) mass is 651 g/mol. The van der Waals surface area contributed by atoms with Crippen molar-refractivity contribution in [3.05, 3.63) is 12.3 Å². The number of aldehydes is 1. The second-order valence-corrected chi connectivity index (χ2v) is 14.0. The number of carbonyl (C=O) groups excluding carboxylic acids is 1. The van der Waals surface area contributed by atoms with Gasteiger partial charge in [0.15, 0.2) is 0 Å². The Morgan fingerprint density at radius 1 is 0.717 bits per heavy atom. The first-order valence-electron chi connectivity index (χ1n) is 20.0. The Kier molecular flexibility index (Phi) is 31.8. The van der Waals surface area contributed by atoms with E-state index in [4.69, 9.17) is 14.2 Å². The van der Waals surface area contributed by atoms with Crippen LogP contribution >= 0.6 is 0 Å². The largest absolute Gasteiger partial charge is 0.498 e. The Bertz CT molecular complexity index is 655. The van der Waals surface area contributed by atoms with Gasteiger partial charge in [-0.25, -0.2) is 0 Å². The number of nitrogens with one attached hydrogen (secondary N) is 1. The van der Waals surface area contributed by atoms with E-state index in [0.717, 1.165) is 83.7 Å². The number of nitrogens with zero attached hydrogens (tertiary/aromatic N) is 1. The molecule has 6 nitrogen and oxygen atoms in total. The third kappa shape index (κ3) is 28.1. The van der Waals surface area contributed by atoms with Crippen molar-refractivity contribution >= 4 is 6.29 Å². The van der Waals surface area contributed by atoms with Crippen molar-refractivity contribution in [1.29, 1.82) is 0 Å². The standard InChI is InChI=1S/C40H78N2O4/c1-4-6-8-17-27-39(26-7-5-2)35-46-38(3)25-16-12-11-15-24-34-45-37-40(36-44-33-23-14-10-9-13-22-32-43)41-28-18-19-29-42-30-20-21-31-42/h32,39-41H,3-31,33-37H2,1-2H3. The molecular weight excluding hydrogens is 572 g/mol. The molecule has 1 N–H and O–H groups in total. The van der Waals surface area contributed by atoms with E-state index in [2.05, 4.69) is 30.6 Å². The zero-order valence-electron chi connectivity index (χ0n) is 30.9. The molecule has 272 valence electrons. The highest BCUT2D eigenvalue weighted by molar-refractivity contribution is 5.48. The quantitative estimate of drug-likeness (QED) is 0.0410. The van der Waals surface area contributed by atoms with Crippen LogP contribution in [-0.2, 0) is 19.0 Å². The average Bonchev–Trinajstić information content (AvgIpc) is 3.59. The molecule has 1 rings (SSSR count). The maximum absolute atomic E-state index is 10.4. The fourth-order valence-electron chi connectivity index (χ4n) is 6.38. The second-order valence-electron chi connectivity index (χ2n) is 14.0. The molecule has 0 radical (unpaired) electrons. The number of unbranched alkanes of at least 4 members (excludes halogenated alkanes) is 14. The lowest BCUT2D eigenvalue weighted by Gasteiger charge is -2.20. The van der Waals surface area contributed by atoms with Crippen molar-refractivity contribution in [3.8, 4) is 0 Å². The van der Waals surface area contributed by atoms with Gasteiger partial charge < -0.3 is 29.2 Å². The van der Waals surface area contributed by atoms with Crippen LogP contribution in [0.1, 0.15) is 168 Å². The van der Waals surface area contributed by atoms with Crippen LogP contribution < -0.4 is 5.32 Å². The van der Waals surface area contributed by atoms with Crippen LogP contribution in [0.3, 0.4) is 0 Å². The summed E-state index contributed by atoms with van der Waals surface area (Å²) in [5.41, 5.74) is 0. The highest BCUT2D eigenvalue weighted by atomic mass is 16.5. The normalized spacial score (nSPS) is 14.9. The number of likely N-dealkylation sites (tertiary alicyclic amines) is 1. The van der Waals surface area contributed by atoms with E-state index in [0.29, 0.717) is 12.3 Å². The van der Waals surface area contributed by atoms with E-state index < -0.39 is 0 Å². The zero-order valence-corrected chi connectivity index (χ0v) is 30.9. The van der Waals surface area contributed by atoms with E-state index in [1.807, 2.05) is 0 Å². The third-order valence-corrected chi connectivity index (χ3v) is 9.48.